The molecule has 25 heavy (non-hydrogen) atoms. The Hall–Kier alpha value is -1.99. The first-order valence-electron chi connectivity index (χ1n) is 8.51. The van der Waals surface area contributed by atoms with Gasteiger partial charge in [0.1, 0.15) is 22.8 Å². The standard InChI is InChI=1S/C18H21N3O3S/c1-18(11-23-14-3-2-5-19-8-14)7-13-10-21(6-4-15(13)24-18)17(22)16-9-20-12-25-16/h2-3,5,8-9,12-13,15H,4,6-7,10-11H2,1H3/t13-,15+,18-/m1/s1. The van der Waals surface area contributed by atoms with Gasteiger partial charge in [-0.1, -0.05) is 0 Å². The molecule has 0 N–H and O–H groups in total. The Morgan fingerprint density at radius 1 is 1.48 bits per heavy atom. The molecule has 0 spiro atoms. The van der Waals surface area contributed by atoms with Crippen LogP contribution in [0.4, 0.5) is 0 Å². The maximum Gasteiger partial charge on any atom is 0.265 e. The number of amides is 1. The molecule has 4 heterocycles. The zero-order chi connectivity index (χ0) is 17.3. The molecule has 0 saturated carbocycles. The summed E-state index contributed by atoms with van der Waals surface area (Å²) < 4.78 is 12.2. The van der Waals surface area contributed by atoms with Crippen LogP contribution in [0.2, 0.25) is 0 Å². The molecule has 2 aliphatic heterocycles. The van der Waals surface area contributed by atoms with Gasteiger partial charge >= 0.3 is 0 Å². The Morgan fingerprint density at radius 3 is 3.16 bits per heavy atom. The summed E-state index contributed by atoms with van der Waals surface area (Å²) in [5, 5.41) is 0. The van der Waals surface area contributed by atoms with E-state index in [0.29, 0.717) is 17.4 Å². The highest BCUT2D eigenvalue weighted by atomic mass is 32.1. The van der Waals surface area contributed by atoms with Crippen molar-refractivity contribution in [2.75, 3.05) is 19.7 Å². The molecule has 0 aliphatic carbocycles. The first-order valence-corrected chi connectivity index (χ1v) is 9.39. The van der Waals surface area contributed by atoms with Gasteiger partial charge in [0.05, 0.1) is 24.0 Å². The predicted molar refractivity (Wildman–Crippen MR) is 93.8 cm³/mol. The number of nitrogens with zero attached hydrogens (tertiary/aromatic N) is 3. The van der Waals surface area contributed by atoms with E-state index >= 15 is 0 Å². The molecule has 0 radical (unpaired) electrons. The second-order valence-electron chi connectivity index (χ2n) is 6.95. The van der Waals surface area contributed by atoms with Gasteiger partial charge in [0.15, 0.2) is 0 Å². The van der Waals surface area contributed by atoms with Gasteiger partial charge in [-0.05, 0) is 31.9 Å². The summed E-state index contributed by atoms with van der Waals surface area (Å²) >= 11 is 1.40. The number of carbonyl (C=O) groups is 1. The lowest BCUT2D eigenvalue weighted by Crippen LogP contribution is -2.44. The fourth-order valence-electron chi connectivity index (χ4n) is 3.75. The molecular weight excluding hydrogens is 338 g/mol. The van der Waals surface area contributed by atoms with Gasteiger partial charge < -0.3 is 14.4 Å². The number of ether oxygens (including phenoxy) is 2. The highest BCUT2D eigenvalue weighted by Gasteiger charge is 2.46. The van der Waals surface area contributed by atoms with E-state index in [1.54, 1.807) is 24.1 Å². The van der Waals surface area contributed by atoms with Gasteiger partial charge in [0, 0.05) is 25.2 Å². The molecule has 2 aromatic rings. The predicted octanol–water partition coefficient (Wildman–Crippen LogP) is 2.63. The van der Waals surface area contributed by atoms with Gasteiger partial charge in [0.25, 0.3) is 5.91 Å². The van der Waals surface area contributed by atoms with Crippen LogP contribution in [0.25, 0.3) is 0 Å². The summed E-state index contributed by atoms with van der Waals surface area (Å²) in [6, 6.07) is 3.75. The lowest BCUT2D eigenvalue weighted by Gasteiger charge is -2.33. The van der Waals surface area contributed by atoms with Crippen molar-refractivity contribution < 1.29 is 14.3 Å². The number of likely N-dealkylation sites (tertiary alicyclic amines) is 1. The Bertz CT molecular complexity index is 724. The number of carbonyl (C=O) groups excluding carboxylic acids is 1. The normalized spacial score (nSPS) is 28.6. The van der Waals surface area contributed by atoms with Crippen LogP contribution >= 0.6 is 11.3 Å². The van der Waals surface area contributed by atoms with Gasteiger partial charge in [-0.15, -0.1) is 11.3 Å². The molecule has 3 atom stereocenters. The number of aromatic nitrogens is 2. The third-order valence-electron chi connectivity index (χ3n) is 4.90. The van der Waals surface area contributed by atoms with Crippen LogP contribution in [0.1, 0.15) is 29.4 Å². The average molecular weight is 359 g/mol. The number of thiazole rings is 1. The van der Waals surface area contributed by atoms with Crippen molar-refractivity contribution in [1.82, 2.24) is 14.9 Å². The summed E-state index contributed by atoms with van der Waals surface area (Å²) in [6.45, 7) is 4.06. The lowest BCUT2D eigenvalue weighted by molar-refractivity contribution is -0.0675. The van der Waals surface area contributed by atoms with E-state index in [-0.39, 0.29) is 17.6 Å². The number of fused-ring (bicyclic) bond motifs is 1. The number of rotatable bonds is 4. The lowest BCUT2D eigenvalue weighted by atomic mass is 9.89. The van der Waals surface area contributed by atoms with E-state index < -0.39 is 0 Å². The molecule has 0 aromatic carbocycles. The van der Waals surface area contributed by atoms with Crippen LogP contribution < -0.4 is 4.74 Å². The van der Waals surface area contributed by atoms with Crippen LogP contribution in [0.5, 0.6) is 5.75 Å². The van der Waals surface area contributed by atoms with Crippen LogP contribution in [0.15, 0.2) is 36.2 Å². The molecule has 2 saturated heterocycles. The number of piperidine rings is 1. The number of hydrogen-bond donors (Lipinski definition) is 0. The summed E-state index contributed by atoms with van der Waals surface area (Å²) in [5.74, 6) is 1.19. The average Bonchev–Trinajstić information content (AvgIpc) is 3.27. The largest absolute Gasteiger partial charge is 0.489 e. The third kappa shape index (κ3) is 3.52. The SMILES string of the molecule is C[C@]1(COc2cccnc2)C[C@@H]2CN(C(=O)c3cncs3)CC[C@@H]2O1. The van der Waals surface area contributed by atoms with E-state index in [4.69, 9.17) is 9.47 Å². The Morgan fingerprint density at radius 2 is 2.40 bits per heavy atom. The van der Waals surface area contributed by atoms with Crippen LogP contribution in [0.3, 0.4) is 0 Å². The van der Waals surface area contributed by atoms with Crippen molar-refractivity contribution in [3.63, 3.8) is 0 Å². The summed E-state index contributed by atoms with van der Waals surface area (Å²) in [6.07, 6.45) is 7.05. The third-order valence-corrected chi connectivity index (χ3v) is 5.66. The summed E-state index contributed by atoms with van der Waals surface area (Å²) in [7, 11) is 0. The van der Waals surface area contributed by atoms with E-state index in [0.717, 1.165) is 31.7 Å². The molecule has 0 bridgehead atoms. The molecule has 0 unspecified atom stereocenters. The monoisotopic (exact) mass is 359 g/mol. The van der Waals surface area contributed by atoms with Gasteiger partial charge in [0.2, 0.25) is 0 Å². The highest BCUT2D eigenvalue weighted by Crippen LogP contribution is 2.40. The van der Waals surface area contributed by atoms with E-state index in [2.05, 4.69) is 16.9 Å². The van der Waals surface area contributed by atoms with Crippen molar-refractivity contribution in [1.29, 1.82) is 0 Å². The van der Waals surface area contributed by atoms with Crippen molar-refractivity contribution in [2.24, 2.45) is 5.92 Å². The highest BCUT2D eigenvalue weighted by molar-refractivity contribution is 7.11. The molecule has 6 nitrogen and oxygen atoms in total. The minimum Gasteiger partial charge on any atom is -0.489 e. The van der Waals surface area contributed by atoms with Gasteiger partial charge in [-0.3, -0.25) is 14.8 Å². The van der Waals surface area contributed by atoms with Crippen molar-refractivity contribution in [2.45, 2.75) is 31.5 Å². The molecule has 2 fully saturated rings. The Labute approximate surface area is 150 Å². The van der Waals surface area contributed by atoms with Crippen LogP contribution in [0, 0.1) is 5.92 Å². The Kier molecular flexibility index (Phi) is 4.43. The fraction of sp³-hybridized carbons (Fsp3) is 0.500. The molecule has 132 valence electrons. The maximum atomic E-state index is 12.5. The van der Waals surface area contributed by atoms with Crippen molar-refractivity contribution >= 4 is 17.2 Å². The second-order valence-corrected chi connectivity index (χ2v) is 7.84. The summed E-state index contributed by atoms with van der Waals surface area (Å²) in [4.78, 5) is 23.3. The second kappa shape index (κ2) is 6.72. The maximum absolute atomic E-state index is 12.5. The first-order chi connectivity index (χ1) is 12.1. The zero-order valence-electron chi connectivity index (χ0n) is 14.1. The van der Waals surface area contributed by atoms with Crippen LogP contribution in [-0.2, 0) is 4.74 Å². The van der Waals surface area contributed by atoms with Crippen LogP contribution in [-0.4, -0.2) is 52.2 Å². The van der Waals surface area contributed by atoms with Crippen molar-refractivity contribution in [3.05, 3.63) is 41.1 Å². The number of hydrogen-bond acceptors (Lipinski definition) is 6. The van der Waals surface area contributed by atoms with E-state index in [1.807, 2.05) is 17.0 Å². The van der Waals surface area contributed by atoms with Gasteiger partial charge in [-0.2, -0.15) is 0 Å². The summed E-state index contributed by atoms with van der Waals surface area (Å²) in [5.41, 5.74) is 1.38. The Balaban J connectivity index is 1.37. The molecular formula is C18H21N3O3S. The van der Waals surface area contributed by atoms with E-state index in [1.165, 1.54) is 11.3 Å². The smallest absolute Gasteiger partial charge is 0.265 e. The molecule has 2 aromatic heterocycles. The fourth-order valence-corrected chi connectivity index (χ4v) is 4.34. The minimum atomic E-state index is -0.325. The van der Waals surface area contributed by atoms with E-state index in [9.17, 15) is 4.79 Å². The first kappa shape index (κ1) is 16.5. The number of pyridine rings is 1. The quantitative estimate of drug-likeness (QED) is 0.840. The molecule has 7 heteroatoms. The molecule has 1 amide bonds. The molecule has 2 aliphatic rings. The topological polar surface area (TPSA) is 64.5 Å². The van der Waals surface area contributed by atoms with Crippen molar-refractivity contribution in [3.8, 4) is 5.75 Å². The molecule has 4 rings (SSSR count). The minimum absolute atomic E-state index is 0.0844. The zero-order valence-corrected chi connectivity index (χ0v) is 14.9. The van der Waals surface area contributed by atoms with Gasteiger partial charge in [-0.25, -0.2) is 0 Å².